The third kappa shape index (κ3) is 4.23. The molecule has 6 heteroatoms. The minimum Gasteiger partial charge on any atom is -0.480 e. The summed E-state index contributed by atoms with van der Waals surface area (Å²) < 4.78 is 0. The first-order chi connectivity index (χ1) is 8.86. The number of nitrogens with zero attached hydrogens (tertiary/aromatic N) is 1. The second-order valence-electron chi connectivity index (χ2n) is 5.09. The Balaban J connectivity index is 2.69. The summed E-state index contributed by atoms with van der Waals surface area (Å²) in [7, 11) is 0. The van der Waals surface area contributed by atoms with Gasteiger partial charge in [-0.1, -0.05) is 32.0 Å². The quantitative estimate of drug-likeness (QED) is 0.803. The number of carbonyl (C=O) groups is 3. The van der Waals surface area contributed by atoms with Crippen LogP contribution in [0.3, 0.4) is 0 Å². The lowest BCUT2D eigenvalue weighted by atomic mass is 9.98. The minimum absolute atomic E-state index is 0.0302. The monoisotopic (exact) mass is 287 g/mol. The van der Waals surface area contributed by atoms with E-state index in [0.29, 0.717) is 25.1 Å². The number of rotatable bonds is 6. The predicted octanol–water partition coefficient (Wildman–Crippen LogP) is 1.61. The largest absolute Gasteiger partial charge is 0.480 e. The summed E-state index contributed by atoms with van der Waals surface area (Å²) >= 11 is 1.20. The van der Waals surface area contributed by atoms with E-state index in [4.69, 9.17) is 0 Å². The Hall–Kier alpha value is -1.04. The summed E-state index contributed by atoms with van der Waals surface area (Å²) in [5.41, 5.74) is 0. The van der Waals surface area contributed by atoms with Crippen molar-refractivity contribution in [2.24, 2.45) is 11.8 Å². The average Bonchev–Trinajstić information content (AvgIpc) is 2.68. The maximum Gasteiger partial charge on any atom is 0.326 e. The van der Waals surface area contributed by atoms with Crippen LogP contribution in [0.5, 0.6) is 0 Å². The highest BCUT2D eigenvalue weighted by molar-refractivity contribution is 8.13. The molecule has 1 saturated heterocycles. The molecule has 0 aromatic heterocycles. The number of carboxylic acid groups (broad SMARTS) is 1. The van der Waals surface area contributed by atoms with Crippen molar-refractivity contribution in [1.29, 1.82) is 0 Å². The van der Waals surface area contributed by atoms with Crippen molar-refractivity contribution in [3.8, 4) is 0 Å². The van der Waals surface area contributed by atoms with Crippen LogP contribution in [0, 0.1) is 11.8 Å². The molecule has 0 aliphatic carbocycles. The molecule has 1 amide bonds. The first kappa shape index (κ1) is 16.0. The van der Waals surface area contributed by atoms with Crippen molar-refractivity contribution in [2.75, 3.05) is 12.3 Å². The lowest BCUT2D eigenvalue weighted by Crippen LogP contribution is -2.46. The molecule has 0 aromatic rings. The molecule has 1 N–H and O–H groups in total. The van der Waals surface area contributed by atoms with Crippen molar-refractivity contribution in [1.82, 2.24) is 4.90 Å². The second-order valence-corrected chi connectivity index (χ2v) is 6.28. The molecule has 1 fully saturated rings. The Morgan fingerprint density at radius 2 is 2.16 bits per heavy atom. The molecular formula is C13H21NO4S. The Morgan fingerprint density at radius 3 is 2.63 bits per heavy atom. The Morgan fingerprint density at radius 1 is 1.53 bits per heavy atom. The summed E-state index contributed by atoms with van der Waals surface area (Å²) in [6, 6.07) is -0.746. The van der Waals surface area contributed by atoms with Crippen molar-refractivity contribution >= 4 is 28.8 Å². The number of carboxylic acids is 1. The molecule has 3 unspecified atom stereocenters. The van der Waals surface area contributed by atoms with Crippen molar-refractivity contribution in [3.63, 3.8) is 0 Å². The summed E-state index contributed by atoms with van der Waals surface area (Å²) in [6.07, 6.45) is 1.06. The number of carbonyl (C=O) groups excluding carboxylic acids is 2. The van der Waals surface area contributed by atoms with E-state index >= 15 is 0 Å². The van der Waals surface area contributed by atoms with Gasteiger partial charge in [-0.15, -0.1) is 0 Å². The molecular weight excluding hydrogens is 266 g/mol. The lowest BCUT2D eigenvalue weighted by molar-refractivity contribution is -0.150. The molecule has 5 nitrogen and oxygen atoms in total. The van der Waals surface area contributed by atoms with E-state index in [0.717, 1.165) is 0 Å². The first-order valence-corrected chi connectivity index (χ1v) is 7.51. The van der Waals surface area contributed by atoms with Gasteiger partial charge in [0.15, 0.2) is 5.12 Å². The zero-order valence-electron chi connectivity index (χ0n) is 11.6. The molecule has 0 aromatic carbocycles. The fourth-order valence-electron chi connectivity index (χ4n) is 2.33. The Bertz CT molecular complexity index is 372. The SMILES string of the molecule is CCC(C)C(C(=O)O)N1CC(CSC(C)=O)CC1=O. The number of aliphatic carboxylic acids is 1. The van der Waals surface area contributed by atoms with Crippen LogP contribution in [-0.2, 0) is 14.4 Å². The molecule has 1 aliphatic rings. The Labute approximate surface area is 117 Å². The number of amides is 1. The van der Waals surface area contributed by atoms with Crippen LogP contribution < -0.4 is 0 Å². The van der Waals surface area contributed by atoms with Gasteiger partial charge >= 0.3 is 5.97 Å². The van der Waals surface area contributed by atoms with Crippen LogP contribution in [0.2, 0.25) is 0 Å². The molecule has 108 valence electrons. The third-order valence-corrected chi connectivity index (χ3v) is 4.58. The number of thioether (sulfide) groups is 1. The maximum absolute atomic E-state index is 12.0. The highest BCUT2D eigenvalue weighted by Crippen LogP contribution is 2.27. The van der Waals surface area contributed by atoms with Gasteiger partial charge in [-0.05, 0) is 11.8 Å². The van der Waals surface area contributed by atoms with Gasteiger partial charge in [-0.3, -0.25) is 9.59 Å². The van der Waals surface area contributed by atoms with E-state index in [2.05, 4.69) is 0 Å². The van der Waals surface area contributed by atoms with Crippen molar-refractivity contribution in [2.45, 2.75) is 39.7 Å². The van der Waals surface area contributed by atoms with Crippen LogP contribution in [0.15, 0.2) is 0 Å². The fourth-order valence-corrected chi connectivity index (χ4v) is 3.03. The minimum atomic E-state index is -0.942. The first-order valence-electron chi connectivity index (χ1n) is 6.52. The molecule has 0 spiro atoms. The summed E-state index contributed by atoms with van der Waals surface area (Å²) in [6.45, 7) is 5.72. The average molecular weight is 287 g/mol. The standard InChI is InChI=1S/C13H21NO4S/c1-4-8(2)12(13(17)18)14-6-10(5-11(14)16)7-19-9(3)15/h8,10,12H,4-7H2,1-3H3,(H,17,18). The summed E-state index contributed by atoms with van der Waals surface area (Å²) in [4.78, 5) is 35.7. The predicted molar refractivity (Wildman–Crippen MR) is 73.8 cm³/mol. The number of hydrogen-bond acceptors (Lipinski definition) is 4. The van der Waals surface area contributed by atoms with Crippen LogP contribution in [0.25, 0.3) is 0 Å². The summed E-state index contributed by atoms with van der Waals surface area (Å²) in [5.74, 6) is -0.456. The maximum atomic E-state index is 12.0. The van der Waals surface area contributed by atoms with E-state index < -0.39 is 12.0 Å². The highest BCUT2D eigenvalue weighted by atomic mass is 32.2. The zero-order valence-corrected chi connectivity index (χ0v) is 12.4. The molecule has 1 rings (SSSR count). The van der Waals surface area contributed by atoms with Crippen LogP contribution in [0.4, 0.5) is 0 Å². The van der Waals surface area contributed by atoms with Gasteiger partial charge in [-0.2, -0.15) is 0 Å². The molecule has 0 radical (unpaired) electrons. The van der Waals surface area contributed by atoms with Crippen LogP contribution in [-0.4, -0.2) is 45.3 Å². The smallest absolute Gasteiger partial charge is 0.326 e. The normalized spacial score (nSPS) is 22.4. The third-order valence-electron chi connectivity index (χ3n) is 3.53. The summed E-state index contributed by atoms with van der Waals surface area (Å²) in [5, 5.41) is 9.33. The number of likely N-dealkylation sites (tertiary alicyclic amines) is 1. The van der Waals surface area contributed by atoms with Gasteiger partial charge in [0.25, 0.3) is 0 Å². The van der Waals surface area contributed by atoms with Crippen molar-refractivity contribution in [3.05, 3.63) is 0 Å². The van der Waals surface area contributed by atoms with Gasteiger partial charge in [0.1, 0.15) is 6.04 Å². The van der Waals surface area contributed by atoms with E-state index in [1.807, 2.05) is 13.8 Å². The molecule has 0 bridgehead atoms. The Kier molecular flexibility index (Phi) is 5.85. The van der Waals surface area contributed by atoms with E-state index in [9.17, 15) is 19.5 Å². The van der Waals surface area contributed by atoms with Gasteiger partial charge in [0.2, 0.25) is 5.91 Å². The molecule has 1 aliphatic heterocycles. The molecule has 1 heterocycles. The topological polar surface area (TPSA) is 74.7 Å². The molecule has 0 saturated carbocycles. The fraction of sp³-hybridized carbons (Fsp3) is 0.769. The van der Waals surface area contributed by atoms with Gasteiger partial charge in [0.05, 0.1) is 0 Å². The van der Waals surface area contributed by atoms with Crippen LogP contribution >= 0.6 is 11.8 Å². The second kappa shape index (κ2) is 6.93. The van der Waals surface area contributed by atoms with Gasteiger partial charge in [-0.25, -0.2) is 4.79 Å². The molecule has 19 heavy (non-hydrogen) atoms. The molecule has 3 atom stereocenters. The van der Waals surface area contributed by atoms with E-state index in [1.165, 1.54) is 23.6 Å². The van der Waals surface area contributed by atoms with Gasteiger partial charge in [0, 0.05) is 25.6 Å². The van der Waals surface area contributed by atoms with Crippen molar-refractivity contribution < 1.29 is 19.5 Å². The van der Waals surface area contributed by atoms with E-state index in [-0.39, 0.29) is 22.9 Å². The highest BCUT2D eigenvalue weighted by Gasteiger charge is 2.39. The zero-order chi connectivity index (χ0) is 14.6. The van der Waals surface area contributed by atoms with Crippen LogP contribution in [0.1, 0.15) is 33.6 Å². The number of hydrogen-bond donors (Lipinski definition) is 1. The lowest BCUT2D eigenvalue weighted by Gasteiger charge is -2.29. The van der Waals surface area contributed by atoms with Gasteiger partial charge < -0.3 is 10.0 Å². The van der Waals surface area contributed by atoms with E-state index in [1.54, 1.807) is 0 Å².